The molecule has 1 N–H and O–H groups in total. The van der Waals surface area contributed by atoms with Crippen molar-refractivity contribution in [1.29, 1.82) is 5.26 Å². The summed E-state index contributed by atoms with van der Waals surface area (Å²) < 4.78 is 1.15. The number of aryl methyl sites for hydroxylation is 2. The van der Waals surface area contributed by atoms with E-state index in [0.717, 1.165) is 21.3 Å². The van der Waals surface area contributed by atoms with E-state index in [1.807, 2.05) is 68.4 Å². The van der Waals surface area contributed by atoms with Gasteiger partial charge in [-0.2, -0.15) is 10.4 Å². The Bertz CT molecular complexity index is 1160. The van der Waals surface area contributed by atoms with Crippen LogP contribution in [0.2, 0.25) is 0 Å². The summed E-state index contributed by atoms with van der Waals surface area (Å²) in [5.41, 5.74) is 3.31. The fourth-order valence-corrected chi connectivity index (χ4v) is 2.90. The third kappa shape index (κ3) is 3.69. The molecule has 0 amide bonds. The highest BCUT2D eigenvalue weighted by Gasteiger charge is 2.19. The van der Waals surface area contributed by atoms with Gasteiger partial charge in [-0.15, -0.1) is 5.11 Å². The van der Waals surface area contributed by atoms with Gasteiger partial charge in [-0.3, -0.25) is 9.36 Å². The molecule has 0 aliphatic heterocycles. The number of aromatic hydroxyl groups is 1. The zero-order chi connectivity index (χ0) is 20.3. The van der Waals surface area contributed by atoms with Gasteiger partial charge < -0.3 is 5.11 Å². The summed E-state index contributed by atoms with van der Waals surface area (Å²) in [6.45, 7) is 5.58. The number of pyridine rings is 1. The SMILES string of the molecule is Cc1ccc(C)c(N=Nc2c(C)c(C#N)c(O)n(Cc3ccccc3)c2=O)c1. The van der Waals surface area contributed by atoms with Crippen molar-refractivity contribution < 1.29 is 5.11 Å². The quantitative estimate of drug-likeness (QED) is 0.666. The Kier molecular flexibility index (Phi) is 5.37. The standard InChI is InChI=1S/C22H20N4O2/c1-14-9-10-15(2)19(11-14)24-25-20-16(3)18(12-23)21(27)26(22(20)28)13-17-7-5-4-6-8-17/h4-11,27H,13H2,1-3H3. The Morgan fingerprint density at radius 1 is 1.07 bits per heavy atom. The van der Waals surface area contributed by atoms with Crippen LogP contribution in [0.5, 0.6) is 5.88 Å². The maximum absolute atomic E-state index is 13.0. The van der Waals surface area contributed by atoms with Gasteiger partial charge in [0, 0.05) is 5.56 Å². The molecular weight excluding hydrogens is 352 g/mol. The van der Waals surface area contributed by atoms with Gasteiger partial charge in [0.25, 0.3) is 5.56 Å². The molecule has 0 aliphatic rings. The van der Waals surface area contributed by atoms with Crippen LogP contribution in [0.3, 0.4) is 0 Å². The number of hydrogen-bond acceptors (Lipinski definition) is 5. The summed E-state index contributed by atoms with van der Waals surface area (Å²) in [5.74, 6) is -0.362. The molecule has 0 unspecified atom stereocenters. The van der Waals surface area contributed by atoms with Gasteiger partial charge >= 0.3 is 0 Å². The lowest BCUT2D eigenvalue weighted by molar-refractivity contribution is 0.412. The summed E-state index contributed by atoms with van der Waals surface area (Å²) in [6, 6.07) is 17.0. The Balaban J connectivity index is 2.14. The van der Waals surface area contributed by atoms with Crippen LogP contribution in [0.4, 0.5) is 11.4 Å². The number of hydrogen-bond donors (Lipinski definition) is 1. The summed E-state index contributed by atoms with van der Waals surface area (Å²) in [4.78, 5) is 13.0. The molecule has 6 nitrogen and oxygen atoms in total. The molecule has 6 heteroatoms. The highest BCUT2D eigenvalue weighted by atomic mass is 16.3. The van der Waals surface area contributed by atoms with Crippen molar-refractivity contribution in [3.63, 3.8) is 0 Å². The van der Waals surface area contributed by atoms with Crippen molar-refractivity contribution in [3.05, 3.63) is 86.7 Å². The highest BCUT2D eigenvalue weighted by Crippen LogP contribution is 2.28. The van der Waals surface area contributed by atoms with E-state index in [-0.39, 0.29) is 23.7 Å². The number of benzene rings is 2. The maximum Gasteiger partial charge on any atom is 0.281 e. The van der Waals surface area contributed by atoms with Gasteiger partial charge in [0.15, 0.2) is 5.69 Å². The lowest BCUT2D eigenvalue weighted by atomic mass is 10.1. The average Bonchev–Trinajstić information content (AvgIpc) is 2.69. The second-order valence-electron chi connectivity index (χ2n) is 6.65. The number of aromatic nitrogens is 1. The van der Waals surface area contributed by atoms with Crippen molar-refractivity contribution in [2.45, 2.75) is 27.3 Å². The minimum Gasteiger partial charge on any atom is -0.493 e. The lowest BCUT2D eigenvalue weighted by Crippen LogP contribution is -2.22. The first-order chi connectivity index (χ1) is 13.4. The first-order valence-electron chi connectivity index (χ1n) is 8.81. The molecule has 0 atom stereocenters. The minimum absolute atomic E-state index is 0.0189. The number of nitrogens with zero attached hydrogens (tertiary/aromatic N) is 4. The highest BCUT2D eigenvalue weighted by molar-refractivity contribution is 5.57. The summed E-state index contributed by atoms with van der Waals surface area (Å²) in [5, 5.41) is 28.3. The predicted octanol–water partition coefficient (Wildman–Crippen LogP) is 4.81. The molecule has 0 bridgehead atoms. The molecule has 140 valence electrons. The molecule has 28 heavy (non-hydrogen) atoms. The predicted molar refractivity (Wildman–Crippen MR) is 107 cm³/mol. The Labute approximate surface area is 163 Å². The second kappa shape index (κ2) is 7.89. The van der Waals surface area contributed by atoms with Gasteiger partial charge in [0.05, 0.1) is 12.2 Å². The monoisotopic (exact) mass is 372 g/mol. The third-order valence-electron chi connectivity index (χ3n) is 4.57. The molecule has 0 aliphatic carbocycles. The average molecular weight is 372 g/mol. The normalized spacial score (nSPS) is 10.9. The molecule has 0 spiro atoms. The van der Waals surface area contributed by atoms with E-state index in [1.54, 1.807) is 6.92 Å². The van der Waals surface area contributed by atoms with Crippen LogP contribution in [0.15, 0.2) is 63.6 Å². The summed E-state index contributed by atoms with van der Waals surface area (Å²) in [6.07, 6.45) is 0. The number of nitriles is 1. The van der Waals surface area contributed by atoms with Crippen LogP contribution < -0.4 is 5.56 Å². The molecule has 0 fully saturated rings. The summed E-state index contributed by atoms with van der Waals surface area (Å²) in [7, 11) is 0. The first-order valence-corrected chi connectivity index (χ1v) is 8.81. The molecule has 0 saturated heterocycles. The smallest absolute Gasteiger partial charge is 0.281 e. The zero-order valence-corrected chi connectivity index (χ0v) is 16.0. The van der Waals surface area contributed by atoms with Crippen LogP contribution in [0.1, 0.15) is 27.8 Å². The van der Waals surface area contributed by atoms with Crippen molar-refractivity contribution in [2.24, 2.45) is 10.2 Å². The largest absolute Gasteiger partial charge is 0.493 e. The molecule has 1 aromatic heterocycles. The third-order valence-corrected chi connectivity index (χ3v) is 4.57. The van der Waals surface area contributed by atoms with Crippen LogP contribution >= 0.6 is 0 Å². The van der Waals surface area contributed by atoms with E-state index < -0.39 is 5.56 Å². The van der Waals surface area contributed by atoms with E-state index in [2.05, 4.69) is 10.2 Å². The van der Waals surface area contributed by atoms with Crippen molar-refractivity contribution in [3.8, 4) is 11.9 Å². The van der Waals surface area contributed by atoms with Crippen LogP contribution in [-0.4, -0.2) is 9.67 Å². The lowest BCUT2D eigenvalue weighted by Gasteiger charge is -2.13. The van der Waals surface area contributed by atoms with Gasteiger partial charge in [0.2, 0.25) is 5.88 Å². The van der Waals surface area contributed by atoms with Crippen LogP contribution in [-0.2, 0) is 6.54 Å². The van der Waals surface area contributed by atoms with E-state index in [0.29, 0.717) is 11.3 Å². The van der Waals surface area contributed by atoms with E-state index in [1.165, 1.54) is 0 Å². The molecular formula is C22H20N4O2. The minimum atomic E-state index is -0.494. The topological polar surface area (TPSA) is 90.7 Å². The fourth-order valence-electron chi connectivity index (χ4n) is 2.90. The van der Waals surface area contributed by atoms with E-state index in [4.69, 9.17) is 0 Å². The van der Waals surface area contributed by atoms with Gasteiger partial charge in [-0.05, 0) is 43.5 Å². The van der Waals surface area contributed by atoms with Crippen LogP contribution in [0.25, 0.3) is 0 Å². The maximum atomic E-state index is 13.0. The Morgan fingerprint density at radius 3 is 2.46 bits per heavy atom. The van der Waals surface area contributed by atoms with Gasteiger partial charge in [0.1, 0.15) is 11.6 Å². The number of rotatable bonds is 4. The Morgan fingerprint density at radius 2 is 1.79 bits per heavy atom. The molecule has 3 aromatic rings. The summed E-state index contributed by atoms with van der Waals surface area (Å²) >= 11 is 0. The molecule has 2 aromatic carbocycles. The number of azo groups is 1. The first kappa shape index (κ1) is 19.1. The second-order valence-corrected chi connectivity index (χ2v) is 6.65. The Hall–Kier alpha value is -3.72. The molecule has 0 radical (unpaired) electrons. The van der Waals surface area contributed by atoms with Crippen molar-refractivity contribution in [1.82, 2.24) is 4.57 Å². The molecule has 1 heterocycles. The molecule has 3 rings (SSSR count). The van der Waals surface area contributed by atoms with Crippen molar-refractivity contribution >= 4 is 11.4 Å². The fraction of sp³-hybridized carbons (Fsp3) is 0.182. The molecule has 0 saturated carbocycles. The zero-order valence-electron chi connectivity index (χ0n) is 16.0. The van der Waals surface area contributed by atoms with E-state index >= 15 is 0 Å². The van der Waals surface area contributed by atoms with Crippen molar-refractivity contribution in [2.75, 3.05) is 0 Å². The van der Waals surface area contributed by atoms with Crippen LogP contribution in [0, 0.1) is 32.1 Å². The van der Waals surface area contributed by atoms with Gasteiger partial charge in [-0.1, -0.05) is 42.5 Å². The van der Waals surface area contributed by atoms with E-state index in [9.17, 15) is 15.2 Å². The van der Waals surface area contributed by atoms with Gasteiger partial charge in [-0.25, -0.2) is 0 Å².